The molecule has 12 nitrogen and oxygen atoms in total. The highest BCUT2D eigenvalue weighted by Gasteiger charge is 2.32. The van der Waals surface area contributed by atoms with Crippen LogP contribution in [0.25, 0.3) is 33.4 Å². The van der Waals surface area contributed by atoms with Crippen molar-refractivity contribution in [3.05, 3.63) is 58.2 Å². The highest BCUT2D eigenvalue weighted by Crippen LogP contribution is 2.41. The van der Waals surface area contributed by atoms with Gasteiger partial charge in [-0.2, -0.15) is 0 Å². The van der Waals surface area contributed by atoms with Crippen LogP contribution in [-0.2, 0) is 43.2 Å². The van der Waals surface area contributed by atoms with Gasteiger partial charge >= 0.3 is 0 Å². The molecule has 3 N–H and O–H groups in total. The quantitative estimate of drug-likeness (QED) is 0.116. The predicted octanol–water partition coefficient (Wildman–Crippen LogP) is 5.69. The summed E-state index contributed by atoms with van der Waals surface area (Å²) in [5.41, 5.74) is 9.70. The van der Waals surface area contributed by atoms with Crippen molar-refractivity contribution in [1.29, 1.82) is 0 Å². The Kier molecular flexibility index (Phi) is 13.4. The Labute approximate surface area is 317 Å². The van der Waals surface area contributed by atoms with Gasteiger partial charge in [-0.3, -0.25) is 24.4 Å². The van der Waals surface area contributed by atoms with Crippen molar-refractivity contribution in [2.24, 2.45) is 11.3 Å². The van der Waals surface area contributed by atoms with E-state index < -0.39 is 12.1 Å². The first-order valence-electron chi connectivity index (χ1n) is 18.6. The van der Waals surface area contributed by atoms with Crippen LogP contribution in [0, 0.1) is 11.3 Å². The fraction of sp³-hybridized carbons (Fsp3) is 0.525. The lowest BCUT2D eigenvalue weighted by Crippen LogP contribution is -2.58. The molecule has 0 aliphatic carbocycles. The van der Waals surface area contributed by atoms with E-state index in [1.807, 2.05) is 32.2 Å². The van der Waals surface area contributed by atoms with E-state index in [1.165, 1.54) is 11.3 Å². The first kappa shape index (κ1) is 40.0. The maximum absolute atomic E-state index is 13.8. The molecule has 4 heterocycles. The van der Waals surface area contributed by atoms with Gasteiger partial charge in [-0.25, -0.2) is 10.4 Å². The van der Waals surface area contributed by atoms with Crippen LogP contribution in [0.3, 0.4) is 0 Å². The maximum atomic E-state index is 13.8. The fourth-order valence-corrected chi connectivity index (χ4v) is 8.10. The molecule has 53 heavy (non-hydrogen) atoms. The van der Waals surface area contributed by atoms with Crippen molar-refractivity contribution in [2.75, 3.05) is 33.9 Å². The smallest absolute Gasteiger partial charge is 0.293 e. The molecule has 1 unspecified atom stereocenters. The predicted molar refractivity (Wildman–Crippen MR) is 209 cm³/mol. The molecule has 1 saturated heterocycles. The third-order valence-corrected chi connectivity index (χ3v) is 10.9. The van der Waals surface area contributed by atoms with Gasteiger partial charge < -0.3 is 24.7 Å². The first-order valence-corrected chi connectivity index (χ1v) is 19.5. The molecule has 3 atom stereocenters. The number of thiazole rings is 1. The number of fused-ring (bicyclic) bond motifs is 1. The normalized spacial score (nSPS) is 15.4. The minimum Gasteiger partial charge on any atom is -0.467 e. The van der Waals surface area contributed by atoms with Crippen molar-refractivity contribution in [2.45, 2.75) is 92.0 Å². The Balaban J connectivity index is 1.56. The Bertz CT molecular complexity index is 1880. The van der Waals surface area contributed by atoms with Crippen LogP contribution in [0.2, 0.25) is 0 Å². The fourth-order valence-electron chi connectivity index (χ4n) is 7.25. The number of hydrogen-bond acceptors (Lipinski definition) is 10. The third-order valence-electron chi connectivity index (χ3n) is 9.99. The van der Waals surface area contributed by atoms with Gasteiger partial charge in [0.2, 0.25) is 5.91 Å². The monoisotopic (exact) mass is 745 g/mol. The van der Waals surface area contributed by atoms with Crippen LogP contribution >= 0.6 is 11.3 Å². The van der Waals surface area contributed by atoms with Crippen LogP contribution in [0.4, 0.5) is 0 Å². The number of methoxy groups -OCH3 is 1. The number of nitrogens with zero attached hydrogens (tertiary/aromatic N) is 4. The number of carbonyl (C=O) groups excluding carboxylic acids is 3. The number of likely N-dealkylation sites (N-methyl/N-ethyl adjacent to an activating group) is 1. The molecule has 13 heteroatoms. The van der Waals surface area contributed by atoms with Gasteiger partial charge in [0.1, 0.15) is 6.04 Å². The molecule has 0 spiro atoms. The highest BCUT2D eigenvalue weighted by atomic mass is 32.1. The Hall–Kier alpha value is -4.17. The summed E-state index contributed by atoms with van der Waals surface area (Å²) in [5.74, 6) is -0.317. The molecule has 4 aromatic rings. The minimum absolute atomic E-state index is 0.0504. The van der Waals surface area contributed by atoms with Crippen molar-refractivity contribution < 1.29 is 23.9 Å². The van der Waals surface area contributed by atoms with Crippen LogP contribution in [0.5, 0.6) is 0 Å². The van der Waals surface area contributed by atoms with Crippen molar-refractivity contribution >= 4 is 40.5 Å². The van der Waals surface area contributed by atoms with E-state index in [0.29, 0.717) is 19.4 Å². The van der Waals surface area contributed by atoms with Crippen LogP contribution in [0.15, 0.2) is 41.9 Å². The molecule has 286 valence electrons. The zero-order valence-corrected chi connectivity index (χ0v) is 33.1. The average Bonchev–Trinajstić information content (AvgIpc) is 3.75. The van der Waals surface area contributed by atoms with Gasteiger partial charge in [0.15, 0.2) is 0 Å². The summed E-state index contributed by atoms with van der Waals surface area (Å²) in [6.07, 6.45) is 4.39. The number of hydrogen-bond donors (Lipinski definition) is 3. The van der Waals surface area contributed by atoms with E-state index in [1.54, 1.807) is 25.4 Å². The number of ether oxygens (including phenoxy) is 2. The molecule has 0 radical (unpaired) electrons. The van der Waals surface area contributed by atoms with Crippen LogP contribution < -0.4 is 16.1 Å². The van der Waals surface area contributed by atoms with Gasteiger partial charge in [0.25, 0.3) is 12.4 Å². The number of rotatable bonds is 17. The Morgan fingerprint density at radius 1 is 1.17 bits per heavy atom. The van der Waals surface area contributed by atoms with E-state index in [2.05, 4.69) is 65.7 Å². The first-order chi connectivity index (χ1) is 25.4. The Morgan fingerprint density at radius 2 is 1.96 bits per heavy atom. The number of aryl methyl sites for hydroxylation is 1. The topological polar surface area (TPSA) is 140 Å². The number of carbonyl (C=O) groups is 3. The van der Waals surface area contributed by atoms with Gasteiger partial charge in [0, 0.05) is 72.2 Å². The summed E-state index contributed by atoms with van der Waals surface area (Å²) in [5, 5.41) is 11.6. The van der Waals surface area contributed by atoms with Crippen molar-refractivity contribution in [1.82, 2.24) is 35.6 Å². The van der Waals surface area contributed by atoms with Gasteiger partial charge in [-0.1, -0.05) is 33.8 Å². The standard InChI is InChI=1S/C40H55N7O5S/c1-9-46-33-15-14-27(19-29(33)30(21-40(5,6)23-52-24-48)37(46)28-13-12-16-42-36(28)26(4)51-8)32-22-53-34(44-32)20-31(39(50)47-18-11-10-17-43-47)45-38(49)35(41-7)25(2)3/h12-16,19,22,24-26,31,35,41,43H,9-11,17-18,20-21,23H2,1-8H3,(H,45,49)/t26-,31-,35?/m0/s1. The number of aromatic nitrogens is 3. The lowest BCUT2D eigenvalue weighted by Gasteiger charge is -2.32. The number of benzene rings is 1. The van der Waals surface area contributed by atoms with E-state index >= 15 is 0 Å². The number of hydrazine groups is 1. The second kappa shape index (κ2) is 17.8. The minimum atomic E-state index is -0.768. The van der Waals surface area contributed by atoms with E-state index in [4.69, 9.17) is 19.4 Å². The van der Waals surface area contributed by atoms with Gasteiger partial charge in [0.05, 0.1) is 40.8 Å². The molecule has 1 aliphatic rings. The van der Waals surface area contributed by atoms with Crippen LogP contribution in [0.1, 0.15) is 76.8 Å². The SMILES string of the molecule is CCn1c(-c2cccnc2[C@H](C)OC)c(CC(C)(C)COC=O)c2cc(-c3csc(C[C@H](NC(=O)C(NC)C(C)C)C(=O)N4CCCCN4)n3)ccc21. The summed E-state index contributed by atoms with van der Waals surface area (Å²) >= 11 is 1.48. The lowest BCUT2D eigenvalue weighted by atomic mass is 9.84. The largest absolute Gasteiger partial charge is 0.467 e. The molecule has 0 saturated carbocycles. The molecular weight excluding hydrogens is 691 g/mol. The molecular formula is C40H55N7O5S. The second-order valence-corrected chi connectivity index (χ2v) is 15.8. The summed E-state index contributed by atoms with van der Waals surface area (Å²) in [6.45, 7) is 15.1. The third kappa shape index (κ3) is 9.14. The second-order valence-electron chi connectivity index (χ2n) is 14.9. The number of pyridine rings is 1. The molecule has 3 aromatic heterocycles. The van der Waals surface area contributed by atoms with E-state index in [0.717, 1.165) is 75.6 Å². The molecule has 1 fully saturated rings. The molecule has 5 rings (SSSR count). The lowest BCUT2D eigenvalue weighted by molar-refractivity contribution is -0.140. The summed E-state index contributed by atoms with van der Waals surface area (Å²) in [4.78, 5) is 48.1. The van der Waals surface area contributed by atoms with Gasteiger partial charge in [-0.05, 0) is 75.9 Å². The van der Waals surface area contributed by atoms with E-state index in [9.17, 15) is 14.4 Å². The number of amides is 2. The highest BCUT2D eigenvalue weighted by molar-refractivity contribution is 7.10. The van der Waals surface area contributed by atoms with Crippen molar-refractivity contribution in [3.8, 4) is 22.5 Å². The molecule has 1 aliphatic heterocycles. The van der Waals surface area contributed by atoms with Crippen molar-refractivity contribution in [3.63, 3.8) is 0 Å². The Morgan fingerprint density at radius 3 is 2.62 bits per heavy atom. The zero-order chi connectivity index (χ0) is 38.3. The average molecular weight is 746 g/mol. The molecule has 1 aromatic carbocycles. The maximum Gasteiger partial charge on any atom is 0.293 e. The molecule has 2 amide bonds. The number of nitrogens with one attached hydrogen (secondary N) is 3. The summed E-state index contributed by atoms with van der Waals surface area (Å²) in [7, 11) is 3.45. The zero-order valence-electron chi connectivity index (χ0n) is 32.3. The molecule has 0 bridgehead atoms. The summed E-state index contributed by atoms with van der Waals surface area (Å²) < 4.78 is 13.4. The van der Waals surface area contributed by atoms with Gasteiger partial charge in [-0.15, -0.1) is 11.3 Å². The van der Waals surface area contributed by atoms with E-state index in [-0.39, 0.29) is 42.3 Å². The summed E-state index contributed by atoms with van der Waals surface area (Å²) in [6, 6.07) is 9.27. The van der Waals surface area contributed by atoms with Crippen LogP contribution in [-0.4, -0.2) is 83.8 Å².